The molecule has 6 rings (SSSR count). The molecule has 0 N–H and O–H groups in total. The van der Waals surface area contributed by atoms with Gasteiger partial charge in [-0.05, 0) is 17.8 Å². The highest BCUT2D eigenvalue weighted by molar-refractivity contribution is 7.08. The van der Waals surface area contributed by atoms with Crippen molar-refractivity contribution in [3.8, 4) is 0 Å². The van der Waals surface area contributed by atoms with Crippen LogP contribution in [0.15, 0.2) is 152 Å². The van der Waals surface area contributed by atoms with Gasteiger partial charge in [0.2, 0.25) is 0 Å². The van der Waals surface area contributed by atoms with Crippen molar-refractivity contribution in [3.05, 3.63) is 174 Å². The second-order valence-electron chi connectivity index (χ2n) is 8.89. The van der Waals surface area contributed by atoms with E-state index in [1.54, 1.807) is 0 Å². The molecule has 35 heavy (non-hydrogen) atoms. The van der Waals surface area contributed by atoms with E-state index in [0.717, 1.165) is 0 Å². The molecule has 0 nitrogen and oxygen atoms in total. The summed E-state index contributed by atoms with van der Waals surface area (Å²) in [6, 6.07) is 54.5. The fraction of sp³-hybridized carbons (Fsp3) is 0. The molecule has 0 fully saturated rings. The van der Waals surface area contributed by atoms with Gasteiger partial charge in [0.05, 0.1) is 0 Å². The number of rotatable bonds is 5. The van der Waals surface area contributed by atoms with E-state index < -0.39 is 0 Å². The minimum Gasteiger partial charge on any atom is -0.233 e. The molecule has 0 amide bonds. The maximum absolute atomic E-state index is 2.27. The first kappa shape index (κ1) is 21.2. The van der Waals surface area contributed by atoms with Crippen LogP contribution in [-0.2, 0) is 0 Å². The summed E-state index contributed by atoms with van der Waals surface area (Å²) in [5.41, 5.74) is 11.7. The first-order chi connectivity index (χ1) is 17.4. The lowest BCUT2D eigenvalue weighted by atomic mass is 9.35. The molecule has 0 atom stereocenters. The molecule has 0 saturated heterocycles. The molecule has 0 aromatic heterocycles. The molecule has 5 aromatic rings. The quantitative estimate of drug-likeness (QED) is 0.244. The van der Waals surface area contributed by atoms with E-state index in [0.29, 0.717) is 0 Å². The highest BCUT2D eigenvalue weighted by Crippen LogP contribution is 2.50. The molecule has 1 aliphatic heterocycles. The Balaban J connectivity index is 1.77. The smallest absolute Gasteiger partial charge is 0.0211 e. The molecule has 0 aliphatic carbocycles. The van der Waals surface area contributed by atoms with Gasteiger partial charge in [-0.1, -0.05) is 174 Å². The molecule has 0 spiro atoms. The zero-order valence-corrected chi connectivity index (χ0v) is 19.5. The maximum atomic E-state index is 2.27. The zero-order valence-electron chi connectivity index (χ0n) is 19.5. The van der Waals surface area contributed by atoms with Crippen molar-refractivity contribution < 1.29 is 0 Å². The van der Waals surface area contributed by atoms with Crippen LogP contribution in [0.5, 0.6) is 0 Å². The lowest BCUT2D eigenvalue weighted by molar-refractivity contribution is 1.58. The summed E-state index contributed by atoms with van der Waals surface area (Å²) >= 11 is 0. The van der Waals surface area contributed by atoms with Crippen molar-refractivity contribution in [1.29, 1.82) is 0 Å². The highest BCUT2D eigenvalue weighted by atomic mass is 14.3. The highest BCUT2D eigenvalue weighted by Gasteiger charge is 2.28. The number of hydrogen-bond donors (Lipinski definition) is 0. The van der Waals surface area contributed by atoms with E-state index >= 15 is 0 Å². The zero-order chi connectivity index (χ0) is 23.5. The molecule has 1 aliphatic rings. The van der Waals surface area contributed by atoms with E-state index in [9.17, 15) is 0 Å². The van der Waals surface area contributed by atoms with Crippen LogP contribution in [0.3, 0.4) is 0 Å². The molecular weight excluding hydrogens is 419 g/mol. The maximum Gasteiger partial charge on any atom is -0.0211 e. The predicted octanol–water partition coefficient (Wildman–Crippen LogP) is 7.70. The number of allylic oxidation sites excluding steroid dienone is 2. The average molecular weight is 444 g/mol. The number of benzene rings is 5. The molecule has 165 valence electrons. The summed E-state index contributed by atoms with van der Waals surface area (Å²) in [6.45, 7) is 0.117. The van der Waals surface area contributed by atoms with Crippen molar-refractivity contribution >= 4 is 34.3 Å². The molecular formula is C34H25B-. The van der Waals surface area contributed by atoms with Gasteiger partial charge in [-0.15, -0.1) is 0 Å². The van der Waals surface area contributed by atoms with Crippen LogP contribution in [0.1, 0.15) is 22.3 Å². The summed E-state index contributed by atoms with van der Waals surface area (Å²) in [5, 5.41) is 0. The Morgan fingerprint density at radius 2 is 0.571 bits per heavy atom. The third-order valence-electron chi connectivity index (χ3n) is 6.79. The molecule has 1 heteroatoms. The lowest BCUT2D eigenvalue weighted by Gasteiger charge is -2.33. The van der Waals surface area contributed by atoms with Gasteiger partial charge >= 0.3 is 0 Å². The van der Waals surface area contributed by atoms with Gasteiger partial charge in [0, 0.05) is 0 Å². The fourth-order valence-electron chi connectivity index (χ4n) is 5.35. The Morgan fingerprint density at radius 1 is 0.286 bits per heavy atom. The van der Waals surface area contributed by atoms with Gasteiger partial charge in [-0.2, -0.15) is 0 Å². The summed E-state index contributed by atoms with van der Waals surface area (Å²) in [6.07, 6.45) is 0. The van der Waals surface area contributed by atoms with Gasteiger partial charge in [0.15, 0.2) is 0 Å². The summed E-state index contributed by atoms with van der Waals surface area (Å²) in [7, 11) is 0. The first-order valence-corrected chi connectivity index (χ1v) is 12.2. The van der Waals surface area contributed by atoms with E-state index in [4.69, 9.17) is 0 Å². The Labute approximate surface area is 208 Å². The Hall–Kier alpha value is -4.36. The molecule has 5 aromatic carbocycles. The third-order valence-corrected chi connectivity index (χ3v) is 6.79. The largest absolute Gasteiger partial charge is 0.233 e. The Bertz CT molecular complexity index is 1390. The number of hydrogen-bond acceptors (Lipinski definition) is 0. The van der Waals surface area contributed by atoms with E-state index in [2.05, 4.69) is 152 Å². The van der Waals surface area contributed by atoms with Crippen LogP contribution in [0.25, 0.3) is 22.1 Å². The molecule has 1 radical (unpaired) electrons. The van der Waals surface area contributed by atoms with Crippen LogP contribution >= 0.6 is 0 Å². The molecule has 0 saturated carbocycles. The van der Waals surface area contributed by atoms with Gasteiger partial charge in [-0.3, -0.25) is 0 Å². The molecule has 0 unspecified atom stereocenters. The van der Waals surface area contributed by atoms with Gasteiger partial charge in [0.1, 0.15) is 0 Å². The van der Waals surface area contributed by atoms with Crippen molar-refractivity contribution in [1.82, 2.24) is 0 Å². The summed E-state index contributed by atoms with van der Waals surface area (Å²) in [5.74, 6) is 0. The molecule has 1 heterocycles. The summed E-state index contributed by atoms with van der Waals surface area (Å²) in [4.78, 5) is 0. The Morgan fingerprint density at radius 3 is 0.914 bits per heavy atom. The van der Waals surface area contributed by atoms with Crippen molar-refractivity contribution in [2.75, 3.05) is 0 Å². The van der Waals surface area contributed by atoms with E-state index in [1.807, 2.05) is 0 Å². The standard InChI is InChI=1S/C34H25B/c1-6-16-26(17-7-1)31-32(27-18-8-2-9-19-27)34(29-22-12-4-13-23-29)35(30-24-14-5-15-25-30)33(31)28-20-10-3-11-21-28/h1-25H/q-1. The second kappa shape index (κ2) is 9.48. The average Bonchev–Trinajstić information content (AvgIpc) is 3.32. The van der Waals surface area contributed by atoms with Crippen LogP contribution in [0, 0.1) is 0 Å². The fourth-order valence-corrected chi connectivity index (χ4v) is 5.35. The van der Waals surface area contributed by atoms with Gasteiger partial charge in [-0.25, -0.2) is 16.4 Å². The van der Waals surface area contributed by atoms with Gasteiger partial charge in [0.25, 0.3) is 0 Å². The Kier molecular flexibility index (Phi) is 5.74. The first-order valence-electron chi connectivity index (χ1n) is 12.2. The third kappa shape index (κ3) is 3.96. The lowest BCUT2D eigenvalue weighted by Crippen LogP contribution is -2.32. The molecule has 0 bridgehead atoms. The SMILES string of the molecule is c1ccc([B-]2C(c3ccccc3)=C(c3ccccc3)C(c3ccccc3)=C2c2ccccc2)cc1. The van der Waals surface area contributed by atoms with E-state index in [-0.39, 0.29) is 6.71 Å². The van der Waals surface area contributed by atoms with Crippen LogP contribution in [-0.4, -0.2) is 6.71 Å². The van der Waals surface area contributed by atoms with Crippen molar-refractivity contribution in [2.24, 2.45) is 0 Å². The second-order valence-corrected chi connectivity index (χ2v) is 8.89. The minimum atomic E-state index is 0.117. The topological polar surface area (TPSA) is 0 Å². The predicted molar refractivity (Wildman–Crippen MR) is 151 cm³/mol. The summed E-state index contributed by atoms with van der Waals surface area (Å²) < 4.78 is 0. The van der Waals surface area contributed by atoms with Crippen LogP contribution in [0.2, 0.25) is 0 Å². The van der Waals surface area contributed by atoms with Crippen LogP contribution in [0.4, 0.5) is 0 Å². The van der Waals surface area contributed by atoms with E-state index in [1.165, 1.54) is 49.8 Å². The van der Waals surface area contributed by atoms with Crippen LogP contribution < -0.4 is 5.46 Å². The normalized spacial score (nSPS) is 13.9. The van der Waals surface area contributed by atoms with Gasteiger partial charge < -0.3 is 0 Å². The minimum absolute atomic E-state index is 0.117. The van der Waals surface area contributed by atoms with Crippen molar-refractivity contribution in [2.45, 2.75) is 0 Å². The van der Waals surface area contributed by atoms with Crippen molar-refractivity contribution in [3.63, 3.8) is 0 Å². The monoisotopic (exact) mass is 444 g/mol.